The number of ether oxygens (including phenoxy) is 2. The summed E-state index contributed by atoms with van der Waals surface area (Å²) in [6.45, 7) is 3.60. The Morgan fingerprint density at radius 1 is 0.625 bits per heavy atom. The number of carbonyl (C=O) groups is 1. The second-order valence-corrected chi connectivity index (χ2v) is 15.1. The molecule has 1 saturated heterocycles. The van der Waals surface area contributed by atoms with Crippen LogP contribution >= 0.6 is 0 Å². The zero-order valence-electron chi connectivity index (χ0n) is 35.1. The van der Waals surface area contributed by atoms with Crippen molar-refractivity contribution >= 4 is 5.91 Å². The van der Waals surface area contributed by atoms with Gasteiger partial charge in [-0.05, 0) is 70.6 Å². The second-order valence-electron chi connectivity index (χ2n) is 15.1. The number of rotatable bonds is 35. The Bertz CT molecular complexity index is 1100. The van der Waals surface area contributed by atoms with Gasteiger partial charge in [-0.3, -0.25) is 4.79 Å². The molecule has 322 valence electrons. The van der Waals surface area contributed by atoms with Crippen LogP contribution in [0.1, 0.15) is 162 Å². The average Bonchev–Trinajstić information content (AvgIpc) is 3.20. The highest BCUT2D eigenvalue weighted by Gasteiger charge is 2.44. The molecule has 1 amide bonds. The van der Waals surface area contributed by atoms with E-state index in [4.69, 9.17) is 9.47 Å². The van der Waals surface area contributed by atoms with Crippen molar-refractivity contribution < 1.29 is 39.8 Å². The third kappa shape index (κ3) is 27.3. The lowest BCUT2D eigenvalue weighted by atomic mass is 9.99. The standard InChI is InChI=1S/C47H81NO8/c1-3-5-7-9-11-13-15-17-18-19-20-21-22-23-24-25-27-29-31-33-35-37-43(51)48-40(39-55-47-46(54)45(53)44(52)42(38-49)56-47)41(50)36-34-32-30-28-26-16-14-12-10-8-6-4-2/h5,7,11,13,17-18,20-21,26,28,34,36,40-42,44-47,49-50,52-54H,3-4,6,8-10,12,14-16,19,22-25,27,29-33,35,37-39H2,1-2H3,(H,48,51)/b7-5-,13-11-,18-17-,21-20-,28-26+,36-34+. The minimum atomic E-state index is -1.58. The highest BCUT2D eigenvalue weighted by atomic mass is 16.7. The normalized spacial score (nSPS) is 21.9. The second kappa shape index (κ2) is 36.9. The average molecular weight is 788 g/mol. The summed E-state index contributed by atoms with van der Waals surface area (Å²) in [6, 6.07) is -0.828. The lowest BCUT2D eigenvalue weighted by molar-refractivity contribution is -0.302. The molecule has 9 nitrogen and oxygen atoms in total. The molecular weight excluding hydrogens is 707 g/mol. The highest BCUT2D eigenvalue weighted by Crippen LogP contribution is 2.22. The van der Waals surface area contributed by atoms with E-state index in [9.17, 15) is 30.3 Å². The molecule has 0 spiro atoms. The summed E-state index contributed by atoms with van der Waals surface area (Å²) in [7, 11) is 0. The molecule has 7 unspecified atom stereocenters. The van der Waals surface area contributed by atoms with E-state index in [-0.39, 0.29) is 12.5 Å². The summed E-state index contributed by atoms with van der Waals surface area (Å²) in [6.07, 6.45) is 42.3. The van der Waals surface area contributed by atoms with Crippen LogP contribution in [0.15, 0.2) is 72.9 Å². The number of hydrogen-bond donors (Lipinski definition) is 6. The zero-order valence-corrected chi connectivity index (χ0v) is 35.1. The van der Waals surface area contributed by atoms with E-state index in [0.717, 1.165) is 77.0 Å². The molecule has 7 atom stereocenters. The Morgan fingerprint density at radius 3 is 1.71 bits per heavy atom. The first-order valence-electron chi connectivity index (χ1n) is 22.2. The molecule has 6 N–H and O–H groups in total. The van der Waals surface area contributed by atoms with Gasteiger partial charge in [0.15, 0.2) is 6.29 Å². The molecule has 0 aromatic rings. The van der Waals surface area contributed by atoms with Crippen molar-refractivity contribution in [2.24, 2.45) is 0 Å². The van der Waals surface area contributed by atoms with Gasteiger partial charge in [0.25, 0.3) is 0 Å². The van der Waals surface area contributed by atoms with Crippen molar-refractivity contribution in [2.45, 2.75) is 204 Å². The van der Waals surface area contributed by atoms with Crippen molar-refractivity contribution in [1.82, 2.24) is 5.32 Å². The van der Waals surface area contributed by atoms with Crippen molar-refractivity contribution in [3.63, 3.8) is 0 Å². The number of carbonyl (C=O) groups excluding carboxylic acids is 1. The lowest BCUT2D eigenvalue weighted by Crippen LogP contribution is -2.60. The van der Waals surface area contributed by atoms with Crippen LogP contribution in [0.5, 0.6) is 0 Å². The Morgan fingerprint density at radius 2 is 1.12 bits per heavy atom. The minimum Gasteiger partial charge on any atom is -0.394 e. The van der Waals surface area contributed by atoms with Gasteiger partial charge in [-0.15, -0.1) is 0 Å². The molecule has 0 aromatic heterocycles. The van der Waals surface area contributed by atoms with E-state index >= 15 is 0 Å². The number of aliphatic hydroxyl groups excluding tert-OH is 5. The quantitative estimate of drug-likeness (QED) is 0.0276. The van der Waals surface area contributed by atoms with Gasteiger partial charge in [0.1, 0.15) is 24.4 Å². The third-order valence-corrected chi connectivity index (χ3v) is 10.0. The number of amides is 1. The minimum absolute atomic E-state index is 0.201. The molecule has 56 heavy (non-hydrogen) atoms. The molecule has 1 heterocycles. The van der Waals surface area contributed by atoms with Crippen LogP contribution in [0, 0.1) is 0 Å². The molecular formula is C47H81NO8. The van der Waals surface area contributed by atoms with Crippen LogP contribution in [-0.4, -0.2) is 87.5 Å². The maximum absolute atomic E-state index is 12.9. The Kier molecular flexibility index (Phi) is 34.1. The molecule has 0 aliphatic carbocycles. The van der Waals surface area contributed by atoms with Gasteiger partial charge in [-0.2, -0.15) is 0 Å². The predicted octanol–water partition coefficient (Wildman–Crippen LogP) is 9.00. The van der Waals surface area contributed by atoms with Crippen LogP contribution in [0.3, 0.4) is 0 Å². The fourth-order valence-electron chi connectivity index (χ4n) is 6.45. The SMILES string of the molecule is CC/C=C\C/C=C\C/C=C\C/C=C\CCCCCCCCCCC(=O)NC(COC1OC(CO)C(O)C(O)C1O)C(O)/C=C/CC/C=C/CCCCCCCC. The summed E-state index contributed by atoms with van der Waals surface area (Å²) in [5.74, 6) is -0.201. The molecule has 1 rings (SSSR count). The lowest BCUT2D eigenvalue weighted by Gasteiger charge is -2.40. The van der Waals surface area contributed by atoms with Crippen LogP contribution in [-0.2, 0) is 14.3 Å². The van der Waals surface area contributed by atoms with E-state index in [1.165, 1.54) is 64.2 Å². The van der Waals surface area contributed by atoms with Gasteiger partial charge in [0, 0.05) is 6.42 Å². The first-order valence-corrected chi connectivity index (χ1v) is 22.2. The first kappa shape index (κ1) is 51.6. The fourth-order valence-corrected chi connectivity index (χ4v) is 6.45. The molecule has 0 radical (unpaired) electrons. The van der Waals surface area contributed by atoms with Gasteiger partial charge in [0.2, 0.25) is 5.91 Å². The molecule has 9 heteroatoms. The maximum Gasteiger partial charge on any atom is 0.220 e. The highest BCUT2D eigenvalue weighted by molar-refractivity contribution is 5.76. The van der Waals surface area contributed by atoms with Gasteiger partial charge in [0.05, 0.1) is 25.4 Å². The first-order chi connectivity index (χ1) is 27.3. The van der Waals surface area contributed by atoms with Crippen LogP contribution in [0.2, 0.25) is 0 Å². The van der Waals surface area contributed by atoms with Crippen molar-refractivity contribution in [3.05, 3.63) is 72.9 Å². The van der Waals surface area contributed by atoms with E-state index < -0.39 is 49.5 Å². The fraction of sp³-hybridized carbons (Fsp3) is 0.723. The van der Waals surface area contributed by atoms with Gasteiger partial charge in [-0.25, -0.2) is 0 Å². The van der Waals surface area contributed by atoms with Crippen molar-refractivity contribution in [1.29, 1.82) is 0 Å². The summed E-state index contributed by atoms with van der Waals surface area (Å²) in [5, 5.41) is 54.0. The topological polar surface area (TPSA) is 149 Å². The number of nitrogens with one attached hydrogen (secondary N) is 1. The van der Waals surface area contributed by atoms with E-state index in [1.807, 2.05) is 6.08 Å². The number of hydrogen-bond acceptors (Lipinski definition) is 8. The maximum atomic E-state index is 12.9. The molecule has 1 aliphatic rings. The number of unbranched alkanes of at least 4 members (excludes halogenated alkanes) is 15. The number of aliphatic hydroxyl groups is 5. The van der Waals surface area contributed by atoms with Crippen LogP contribution in [0.25, 0.3) is 0 Å². The Hall–Kier alpha value is -2.37. The van der Waals surface area contributed by atoms with Crippen molar-refractivity contribution in [2.75, 3.05) is 13.2 Å². The largest absolute Gasteiger partial charge is 0.394 e. The van der Waals surface area contributed by atoms with Crippen molar-refractivity contribution in [3.8, 4) is 0 Å². The Balaban J connectivity index is 2.36. The Labute approximate surface area is 340 Å². The number of allylic oxidation sites excluding steroid dienone is 11. The molecule has 0 saturated carbocycles. The van der Waals surface area contributed by atoms with Gasteiger partial charge >= 0.3 is 0 Å². The molecule has 0 aromatic carbocycles. The predicted molar refractivity (Wildman–Crippen MR) is 230 cm³/mol. The third-order valence-electron chi connectivity index (χ3n) is 10.0. The van der Waals surface area contributed by atoms with Crippen LogP contribution in [0.4, 0.5) is 0 Å². The van der Waals surface area contributed by atoms with Gasteiger partial charge < -0.3 is 40.3 Å². The van der Waals surface area contributed by atoms with Crippen LogP contribution < -0.4 is 5.32 Å². The smallest absolute Gasteiger partial charge is 0.220 e. The monoisotopic (exact) mass is 788 g/mol. The summed E-state index contributed by atoms with van der Waals surface area (Å²) in [5.41, 5.74) is 0. The van der Waals surface area contributed by atoms with E-state index in [0.29, 0.717) is 6.42 Å². The van der Waals surface area contributed by atoms with E-state index in [2.05, 4.69) is 79.9 Å². The molecule has 1 aliphatic heterocycles. The summed E-state index contributed by atoms with van der Waals surface area (Å²) >= 11 is 0. The molecule has 0 bridgehead atoms. The summed E-state index contributed by atoms with van der Waals surface area (Å²) in [4.78, 5) is 12.9. The summed E-state index contributed by atoms with van der Waals surface area (Å²) < 4.78 is 11.2. The van der Waals surface area contributed by atoms with E-state index in [1.54, 1.807) is 6.08 Å². The zero-order chi connectivity index (χ0) is 40.9. The van der Waals surface area contributed by atoms with Gasteiger partial charge in [-0.1, -0.05) is 157 Å². The molecule has 1 fully saturated rings.